The number of anilines is 1. The number of rotatable bonds is 4. The highest BCUT2D eigenvalue weighted by atomic mass is 32.1. The number of nitrogens with zero attached hydrogens (tertiary/aromatic N) is 2. The second-order valence-corrected chi connectivity index (χ2v) is 4.92. The summed E-state index contributed by atoms with van der Waals surface area (Å²) in [6.07, 6.45) is -4.59. The molecule has 0 saturated carbocycles. The first kappa shape index (κ1) is 14.4. The predicted octanol–water partition coefficient (Wildman–Crippen LogP) is 2.63. The number of amidine groups is 1. The lowest BCUT2D eigenvalue weighted by molar-refractivity contribution is -0.152. The zero-order valence-electron chi connectivity index (χ0n) is 10.1. The number of alkyl halides is 3. The third-order valence-corrected chi connectivity index (χ3v) is 3.50. The van der Waals surface area contributed by atoms with E-state index >= 15 is 0 Å². The van der Waals surface area contributed by atoms with Gasteiger partial charge in [0.2, 0.25) is 0 Å². The SMILES string of the molecule is N/C(=N/O)C(CNc1ccc2ncsc2c1)C(F)(F)F. The van der Waals surface area contributed by atoms with Crippen LogP contribution in [0.4, 0.5) is 18.9 Å². The zero-order valence-corrected chi connectivity index (χ0v) is 10.9. The second kappa shape index (κ2) is 5.53. The van der Waals surface area contributed by atoms with E-state index in [9.17, 15) is 13.2 Å². The topological polar surface area (TPSA) is 83.5 Å². The van der Waals surface area contributed by atoms with Gasteiger partial charge in [-0.1, -0.05) is 5.16 Å². The van der Waals surface area contributed by atoms with Gasteiger partial charge in [0, 0.05) is 12.2 Å². The van der Waals surface area contributed by atoms with Crippen molar-refractivity contribution in [3.8, 4) is 0 Å². The van der Waals surface area contributed by atoms with E-state index in [4.69, 9.17) is 10.9 Å². The van der Waals surface area contributed by atoms with E-state index in [0.29, 0.717) is 5.69 Å². The van der Waals surface area contributed by atoms with Crippen LogP contribution in [0.2, 0.25) is 0 Å². The van der Waals surface area contributed by atoms with Gasteiger partial charge >= 0.3 is 6.18 Å². The number of nitrogens with two attached hydrogens (primary N) is 1. The smallest absolute Gasteiger partial charge is 0.400 e. The van der Waals surface area contributed by atoms with Gasteiger partial charge in [-0.25, -0.2) is 4.98 Å². The highest BCUT2D eigenvalue weighted by Crippen LogP contribution is 2.27. The van der Waals surface area contributed by atoms with Gasteiger partial charge in [-0.3, -0.25) is 0 Å². The fourth-order valence-electron chi connectivity index (χ4n) is 1.64. The summed E-state index contributed by atoms with van der Waals surface area (Å²) in [7, 11) is 0. The van der Waals surface area contributed by atoms with Crippen LogP contribution in [0.5, 0.6) is 0 Å². The number of aromatic nitrogens is 1. The van der Waals surface area contributed by atoms with E-state index in [1.165, 1.54) is 11.3 Å². The van der Waals surface area contributed by atoms with Crippen LogP contribution < -0.4 is 11.1 Å². The van der Waals surface area contributed by atoms with Crippen molar-refractivity contribution in [2.45, 2.75) is 6.18 Å². The Hall–Kier alpha value is -2.03. The summed E-state index contributed by atoms with van der Waals surface area (Å²) in [5, 5.41) is 13.5. The minimum Gasteiger partial charge on any atom is -0.409 e. The summed E-state index contributed by atoms with van der Waals surface area (Å²) >= 11 is 1.39. The molecule has 0 aliphatic rings. The monoisotopic (exact) mass is 304 g/mol. The van der Waals surface area contributed by atoms with Gasteiger partial charge in [-0.15, -0.1) is 11.3 Å². The van der Waals surface area contributed by atoms with Crippen molar-refractivity contribution >= 4 is 33.1 Å². The molecule has 1 aromatic heterocycles. The first-order valence-corrected chi connectivity index (χ1v) is 6.41. The van der Waals surface area contributed by atoms with Gasteiger partial charge < -0.3 is 16.3 Å². The van der Waals surface area contributed by atoms with Crippen molar-refractivity contribution in [3.05, 3.63) is 23.7 Å². The molecule has 0 spiro atoms. The zero-order chi connectivity index (χ0) is 14.8. The first-order chi connectivity index (χ1) is 9.41. The van der Waals surface area contributed by atoms with Gasteiger partial charge in [0.05, 0.1) is 15.7 Å². The molecule has 1 heterocycles. The van der Waals surface area contributed by atoms with Crippen LogP contribution in [0.15, 0.2) is 28.9 Å². The fourth-order valence-corrected chi connectivity index (χ4v) is 2.36. The molecule has 0 aliphatic heterocycles. The summed E-state index contributed by atoms with van der Waals surface area (Å²) in [6, 6.07) is 5.04. The van der Waals surface area contributed by atoms with E-state index in [2.05, 4.69) is 15.5 Å². The van der Waals surface area contributed by atoms with Crippen LogP contribution in [0.1, 0.15) is 0 Å². The van der Waals surface area contributed by atoms with Crippen LogP contribution in [0.25, 0.3) is 10.2 Å². The average molecular weight is 304 g/mol. The minimum atomic E-state index is -4.59. The second-order valence-electron chi connectivity index (χ2n) is 4.03. The predicted molar refractivity (Wildman–Crippen MR) is 71.1 cm³/mol. The van der Waals surface area contributed by atoms with Crippen LogP contribution in [0.3, 0.4) is 0 Å². The molecular formula is C11H11F3N4OS. The van der Waals surface area contributed by atoms with Crippen LogP contribution >= 0.6 is 11.3 Å². The van der Waals surface area contributed by atoms with E-state index in [1.807, 2.05) is 0 Å². The fraction of sp³-hybridized carbons (Fsp3) is 0.273. The largest absolute Gasteiger partial charge is 0.409 e. The molecule has 1 unspecified atom stereocenters. The minimum absolute atomic E-state index is 0.510. The molecule has 0 amide bonds. The maximum Gasteiger partial charge on any atom is 0.400 e. The summed E-state index contributed by atoms with van der Waals surface area (Å²) < 4.78 is 39.1. The Kier molecular flexibility index (Phi) is 3.98. The molecule has 0 fully saturated rings. The molecule has 108 valence electrons. The molecule has 5 nitrogen and oxygen atoms in total. The Bertz CT molecular complexity index is 625. The van der Waals surface area contributed by atoms with Gasteiger partial charge in [0.15, 0.2) is 5.84 Å². The molecule has 2 aromatic rings. The summed E-state index contributed by atoms with van der Waals surface area (Å²) in [4.78, 5) is 4.07. The van der Waals surface area contributed by atoms with E-state index in [0.717, 1.165) is 10.2 Å². The van der Waals surface area contributed by atoms with Crippen LogP contribution in [-0.2, 0) is 0 Å². The number of oxime groups is 1. The lowest BCUT2D eigenvalue weighted by Gasteiger charge is -2.19. The van der Waals surface area contributed by atoms with Crippen molar-refractivity contribution in [1.29, 1.82) is 0 Å². The van der Waals surface area contributed by atoms with Gasteiger partial charge in [-0.2, -0.15) is 13.2 Å². The van der Waals surface area contributed by atoms with Crippen LogP contribution in [0, 0.1) is 5.92 Å². The molecule has 0 aliphatic carbocycles. The van der Waals surface area contributed by atoms with E-state index in [1.54, 1.807) is 23.7 Å². The van der Waals surface area contributed by atoms with Gasteiger partial charge in [0.25, 0.3) is 0 Å². The molecule has 0 bridgehead atoms. The van der Waals surface area contributed by atoms with Crippen molar-refractivity contribution in [2.75, 3.05) is 11.9 Å². The molecule has 0 radical (unpaired) electrons. The van der Waals surface area contributed by atoms with E-state index in [-0.39, 0.29) is 0 Å². The molecule has 2 rings (SSSR count). The summed E-state index contributed by atoms with van der Waals surface area (Å²) in [5.74, 6) is -2.92. The number of nitrogens with one attached hydrogen (secondary N) is 1. The molecule has 1 aromatic carbocycles. The van der Waals surface area contributed by atoms with E-state index < -0.39 is 24.5 Å². The number of thiazole rings is 1. The van der Waals surface area contributed by atoms with Crippen LogP contribution in [-0.4, -0.2) is 28.7 Å². The third kappa shape index (κ3) is 3.10. The molecule has 4 N–H and O–H groups in total. The third-order valence-electron chi connectivity index (χ3n) is 2.71. The Labute approximate surface area is 115 Å². The molecular weight excluding hydrogens is 293 g/mol. The average Bonchev–Trinajstić information content (AvgIpc) is 2.84. The highest BCUT2D eigenvalue weighted by Gasteiger charge is 2.42. The molecule has 20 heavy (non-hydrogen) atoms. The standard InChI is InChI=1S/C11H11F3N4OS/c12-11(13,14)7(10(15)18-19)4-16-6-1-2-8-9(3-6)20-5-17-8/h1-3,5,7,16,19H,4H2,(H2,15,18). The molecule has 1 atom stereocenters. The van der Waals surface area contributed by atoms with Crippen molar-refractivity contribution in [2.24, 2.45) is 16.8 Å². The maximum absolute atomic E-state index is 12.7. The summed E-state index contributed by atoms with van der Waals surface area (Å²) in [6.45, 7) is -0.510. The lowest BCUT2D eigenvalue weighted by Crippen LogP contribution is -2.40. The number of fused-ring (bicyclic) bond motifs is 1. The van der Waals surface area contributed by atoms with Gasteiger partial charge in [0.1, 0.15) is 5.92 Å². The summed E-state index contributed by atoms with van der Waals surface area (Å²) in [5.41, 5.74) is 8.03. The Morgan fingerprint density at radius 1 is 1.50 bits per heavy atom. The quantitative estimate of drug-likeness (QED) is 0.351. The normalized spacial score (nSPS) is 14.4. The number of halogens is 3. The molecule has 9 heteroatoms. The number of hydrogen-bond acceptors (Lipinski definition) is 5. The first-order valence-electron chi connectivity index (χ1n) is 5.53. The van der Waals surface area contributed by atoms with Crippen molar-refractivity contribution in [3.63, 3.8) is 0 Å². The Balaban J connectivity index is 2.12. The maximum atomic E-state index is 12.7. The Morgan fingerprint density at radius 3 is 2.90 bits per heavy atom. The van der Waals surface area contributed by atoms with Crippen molar-refractivity contribution < 1.29 is 18.4 Å². The highest BCUT2D eigenvalue weighted by molar-refractivity contribution is 7.16. The number of benzene rings is 1. The van der Waals surface area contributed by atoms with Crippen molar-refractivity contribution in [1.82, 2.24) is 4.98 Å². The van der Waals surface area contributed by atoms with Gasteiger partial charge in [-0.05, 0) is 18.2 Å². The molecule has 0 saturated heterocycles. The number of hydrogen-bond donors (Lipinski definition) is 3. The lowest BCUT2D eigenvalue weighted by atomic mass is 10.1. The Morgan fingerprint density at radius 2 is 2.25 bits per heavy atom.